The van der Waals surface area contributed by atoms with Crippen molar-refractivity contribution in [1.82, 2.24) is 5.32 Å². The maximum absolute atomic E-state index is 8.37. The van der Waals surface area contributed by atoms with Crippen molar-refractivity contribution >= 4 is 0 Å². The standard InChI is InChI=1S/C27H40N4O2/c1-3-32-27(33-4-2)26-18-16-23(17-19-26)11-9-7-5-6-8-10-20-29-21-24-12-14-25(15-13-24)22-30-31-28/h12-19,27,29H,3-11,20-22H2,1-2H3. The van der Waals surface area contributed by atoms with Gasteiger partial charge < -0.3 is 14.8 Å². The molecule has 0 saturated heterocycles. The first-order valence-electron chi connectivity index (χ1n) is 12.4. The highest BCUT2D eigenvalue weighted by Crippen LogP contribution is 2.20. The van der Waals surface area contributed by atoms with E-state index in [1.807, 2.05) is 26.0 Å². The minimum absolute atomic E-state index is 0.251. The smallest absolute Gasteiger partial charge is 0.183 e. The summed E-state index contributed by atoms with van der Waals surface area (Å²) in [5.41, 5.74) is 13.2. The van der Waals surface area contributed by atoms with E-state index >= 15 is 0 Å². The molecule has 0 bridgehead atoms. The van der Waals surface area contributed by atoms with Crippen LogP contribution in [0.3, 0.4) is 0 Å². The van der Waals surface area contributed by atoms with Crippen LogP contribution in [0.5, 0.6) is 0 Å². The second-order valence-electron chi connectivity index (χ2n) is 8.24. The van der Waals surface area contributed by atoms with E-state index in [1.165, 1.54) is 49.7 Å². The van der Waals surface area contributed by atoms with E-state index in [4.69, 9.17) is 15.0 Å². The molecule has 2 rings (SSSR count). The third kappa shape index (κ3) is 11.4. The molecule has 0 fully saturated rings. The Morgan fingerprint density at radius 3 is 2.00 bits per heavy atom. The van der Waals surface area contributed by atoms with Crippen molar-refractivity contribution in [3.63, 3.8) is 0 Å². The van der Waals surface area contributed by atoms with E-state index in [0.717, 1.165) is 30.6 Å². The SMILES string of the molecule is CCOC(OCC)c1ccc(CCCCCCCCNCc2ccc(CN=[N+]=[N-])cc2)cc1. The maximum atomic E-state index is 8.37. The van der Waals surface area contributed by atoms with Crippen molar-refractivity contribution in [2.45, 2.75) is 78.2 Å². The fourth-order valence-corrected chi connectivity index (χ4v) is 3.78. The average molecular weight is 453 g/mol. The highest BCUT2D eigenvalue weighted by Gasteiger charge is 2.10. The van der Waals surface area contributed by atoms with Gasteiger partial charge in [-0.15, -0.1) is 0 Å². The van der Waals surface area contributed by atoms with Gasteiger partial charge in [0.15, 0.2) is 6.29 Å². The molecule has 180 valence electrons. The van der Waals surface area contributed by atoms with Gasteiger partial charge in [-0.2, -0.15) is 0 Å². The highest BCUT2D eigenvalue weighted by atomic mass is 16.7. The van der Waals surface area contributed by atoms with Gasteiger partial charge >= 0.3 is 0 Å². The van der Waals surface area contributed by atoms with Gasteiger partial charge in [-0.25, -0.2) is 0 Å². The van der Waals surface area contributed by atoms with Crippen LogP contribution >= 0.6 is 0 Å². The summed E-state index contributed by atoms with van der Waals surface area (Å²) in [6, 6.07) is 16.9. The summed E-state index contributed by atoms with van der Waals surface area (Å²) in [5, 5.41) is 7.10. The summed E-state index contributed by atoms with van der Waals surface area (Å²) < 4.78 is 11.3. The average Bonchev–Trinajstić information content (AvgIpc) is 2.85. The third-order valence-corrected chi connectivity index (χ3v) is 5.63. The summed E-state index contributed by atoms with van der Waals surface area (Å²) >= 11 is 0. The molecular formula is C27H40N4O2. The molecule has 2 aromatic carbocycles. The zero-order valence-corrected chi connectivity index (χ0v) is 20.3. The Morgan fingerprint density at radius 1 is 0.788 bits per heavy atom. The van der Waals surface area contributed by atoms with Crippen molar-refractivity contribution in [2.24, 2.45) is 5.11 Å². The topological polar surface area (TPSA) is 79.2 Å². The normalized spacial score (nSPS) is 11.0. The zero-order valence-electron chi connectivity index (χ0n) is 20.3. The molecule has 2 aromatic rings. The van der Waals surface area contributed by atoms with Gasteiger partial charge in [0.25, 0.3) is 0 Å². The van der Waals surface area contributed by atoms with Crippen LogP contribution in [0.25, 0.3) is 10.4 Å². The van der Waals surface area contributed by atoms with Crippen LogP contribution in [-0.4, -0.2) is 19.8 Å². The second-order valence-corrected chi connectivity index (χ2v) is 8.24. The molecule has 0 aliphatic carbocycles. The number of unbranched alkanes of at least 4 members (excludes halogenated alkanes) is 5. The van der Waals surface area contributed by atoms with Crippen LogP contribution in [0.1, 0.15) is 80.9 Å². The molecule has 0 atom stereocenters. The van der Waals surface area contributed by atoms with Crippen LogP contribution in [0.15, 0.2) is 53.6 Å². The lowest BCUT2D eigenvalue weighted by molar-refractivity contribution is -0.140. The number of aryl methyl sites for hydroxylation is 1. The predicted octanol–water partition coefficient (Wildman–Crippen LogP) is 7.24. The number of azide groups is 1. The molecule has 1 N–H and O–H groups in total. The number of hydrogen-bond donors (Lipinski definition) is 1. The second kappa shape index (κ2) is 17.2. The van der Waals surface area contributed by atoms with E-state index in [9.17, 15) is 0 Å². The number of hydrogen-bond acceptors (Lipinski definition) is 4. The van der Waals surface area contributed by atoms with Gasteiger partial charge in [0.1, 0.15) is 0 Å². The minimum atomic E-state index is -0.251. The summed E-state index contributed by atoms with van der Waals surface area (Å²) in [7, 11) is 0. The quantitative estimate of drug-likeness (QED) is 0.0851. The number of ether oxygens (including phenoxy) is 2. The van der Waals surface area contributed by atoms with E-state index in [0.29, 0.717) is 19.8 Å². The molecule has 0 amide bonds. The molecule has 0 aromatic heterocycles. The Bertz CT molecular complexity index is 796. The lowest BCUT2D eigenvalue weighted by Crippen LogP contribution is -2.14. The van der Waals surface area contributed by atoms with Crippen LogP contribution in [0.4, 0.5) is 0 Å². The summed E-state index contributed by atoms with van der Waals surface area (Å²) in [6.45, 7) is 7.64. The molecule has 0 unspecified atom stereocenters. The summed E-state index contributed by atoms with van der Waals surface area (Å²) in [4.78, 5) is 2.79. The fourth-order valence-electron chi connectivity index (χ4n) is 3.78. The largest absolute Gasteiger partial charge is 0.349 e. The van der Waals surface area contributed by atoms with Crippen molar-refractivity contribution in [3.8, 4) is 0 Å². The lowest BCUT2D eigenvalue weighted by atomic mass is 10.0. The van der Waals surface area contributed by atoms with Crippen molar-refractivity contribution < 1.29 is 9.47 Å². The van der Waals surface area contributed by atoms with E-state index in [1.54, 1.807) is 0 Å². The van der Waals surface area contributed by atoms with Gasteiger partial charge in [0, 0.05) is 30.2 Å². The monoisotopic (exact) mass is 452 g/mol. The van der Waals surface area contributed by atoms with Crippen molar-refractivity contribution in [2.75, 3.05) is 19.8 Å². The first-order valence-corrected chi connectivity index (χ1v) is 12.4. The molecule has 6 heteroatoms. The molecule has 0 aliphatic rings. The molecule has 33 heavy (non-hydrogen) atoms. The van der Waals surface area contributed by atoms with Crippen molar-refractivity contribution in [3.05, 3.63) is 81.2 Å². The third-order valence-electron chi connectivity index (χ3n) is 5.63. The number of rotatable bonds is 18. The summed E-state index contributed by atoms with van der Waals surface area (Å²) in [5.74, 6) is 0. The van der Waals surface area contributed by atoms with Crippen LogP contribution in [-0.2, 0) is 29.0 Å². The molecule has 6 nitrogen and oxygen atoms in total. The Morgan fingerprint density at radius 2 is 1.36 bits per heavy atom. The molecular weight excluding hydrogens is 412 g/mol. The minimum Gasteiger partial charge on any atom is -0.349 e. The van der Waals surface area contributed by atoms with E-state index < -0.39 is 0 Å². The number of nitrogens with one attached hydrogen (secondary N) is 1. The van der Waals surface area contributed by atoms with Gasteiger partial charge in [0.05, 0.1) is 6.54 Å². The molecule has 0 heterocycles. The lowest BCUT2D eigenvalue weighted by Gasteiger charge is -2.17. The first-order chi connectivity index (χ1) is 16.3. The Kier molecular flexibility index (Phi) is 14.0. The Labute approximate surface area is 199 Å². The fraction of sp³-hybridized carbons (Fsp3) is 0.556. The Balaban J connectivity index is 1.48. The molecule has 0 aliphatic heterocycles. The van der Waals surface area contributed by atoms with E-state index in [-0.39, 0.29) is 6.29 Å². The Hall–Kier alpha value is -2.37. The van der Waals surface area contributed by atoms with Gasteiger partial charge in [-0.3, -0.25) is 0 Å². The first kappa shape index (κ1) is 26.9. The molecule has 0 saturated carbocycles. The van der Waals surface area contributed by atoms with Crippen molar-refractivity contribution in [1.29, 1.82) is 0 Å². The number of benzene rings is 2. The van der Waals surface area contributed by atoms with Gasteiger partial charge in [-0.1, -0.05) is 79.3 Å². The highest BCUT2D eigenvalue weighted by molar-refractivity contribution is 5.24. The molecule has 0 spiro atoms. The molecule has 0 radical (unpaired) electrons. The predicted molar refractivity (Wildman–Crippen MR) is 135 cm³/mol. The summed E-state index contributed by atoms with van der Waals surface area (Å²) in [6.07, 6.45) is 8.53. The zero-order chi connectivity index (χ0) is 23.6. The number of nitrogens with zero attached hydrogens (tertiary/aromatic N) is 3. The van der Waals surface area contributed by atoms with E-state index in [2.05, 4.69) is 51.7 Å². The van der Waals surface area contributed by atoms with Gasteiger partial charge in [0.2, 0.25) is 0 Å². The van der Waals surface area contributed by atoms with Gasteiger partial charge in [-0.05, 0) is 61.9 Å². The maximum Gasteiger partial charge on any atom is 0.183 e. The van der Waals surface area contributed by atoms with Crippen LogP contribution in [0, 0.1) is 0 Å². The van der Waals surface area contributed by atoms with Crippen LogP contribution in [0.2, 0.25) is 0 Å². The van der Waals surface area contributed by atoms with Crippen LogP contribution < -0.4 is 5.32 Å².